The van der Waals surface area contributed by atoms with E-state index in [4.69, 9.17) is 80.5 Å². The molecule has 1 unspecified atom stereocenters. The first-order valence-corrected chi connectivity index (χ1v) is 35.6. The van der Waals surface area contributed by atoms with E-state index in [0.717, 1.165) is 27.7 Å². The normalized spacial score (nSPS) is 48.9. The third-order valence-electron chi connectivity index (χ3n) is 20.3. The number of ether oxygens (including phenoxy) is 17. The molecule has 9 saturated heterocycles. The van der Waals surface area contributed by atoms with Crippen LogP contribution in [0.3, 0.4) is 0 Å². The minimum absolute atomic E-state index is 0.793. The van der Waals surface area contributed by atoms with Crippen molar-refractivity contribution < 1.29 is 227 Å². The average molecular weight is 1640 g/mol. The van der Waals surface area contributed by atoms with E-state index in [-0.39, 0.29) is 0 Å². The Balaban J connectivity index is 1.11. The van der Waals surface area contributed by atoms with Crippen LogP contribution in [0, 0.1) is 0 Å². The number of hydrogen-bond donors (Lipinski definition) is 29. The first kappa shape index (κ1) is 92.1. The number of carbonyl (C=O) groups is 4. The van der Waals surface area contributed by atoms with Crippen LogP contribution in [0.15, 0.2) is 0 Å². The molecule has 9 heterocycles. The van der Waals surface area contributed by atoms with Crippen LogP contribution in [0.25, 0.3) is 0 Å². The van der Waals surface area contributed by atoms with E-state index in [2.05, 4.69) is 21.3 Å². The molecule has 0 saturated carbocycles. The highest BCUT2D eigenvalue weighted by molar-refractivity contribution is 5.74. The van der Waals surface area contributed by atoms with Gasteiger partial charge in [-0.05, 0) is 0 Å². The lowest BCUT2D eigenvalue weighted by molar-refractivity contribution is -0.399. The van der Waals surface area contributed by atoms with Gasteiger partial charge in [0, 0.05) is 27.7 Å². The van der Waals surface area contributed by atoms with Gasteiger partial charge in [-0.25, -0.2) is 0 Å². The molecule has 0 aliphatic carbocycles. The lowest BCUT2D eigenvalue weighted by Gasteiger charge is -2.51. The maximum absolute atomic E-state index is 13.0. The van der Waals surface area contributed by atoms with E-state index in [0.29, 0.717) is 0 Å². The van der Waals surface area contributed by atoms with E-state index < -0.39 is 359 Å². The predicted molar refractivity (Wildman–Crippen MR) is 343 cm³/mol. The second kappa shape index (κ2) is 40.3. The number of hydrogen-bond acceptors (Lipinski definition) is 46. The molecule has 9 aliphatic heterocycles. The molecule has 0 aromatic heterocycles. The second-order valence-electron chi connectivity index (χ2n) is 28.2. The van der Waals surface area contributed by atoms with Crippen LogP contribution in [0.5, 0.6) is 0 Å². The molecule has 112 heavy (non-hydrogen) atoms. The lowest BCUT2D eigenvalue weighted by Crippen LogP contribution is -2.70. The van der Waals surface area contributed by atoms with Crippen LogP contribution in [0.2, 0.25) is 0 Å². The molecule has 9 rings (SSSR count). The fourth-order valence-corrected chi connectivity index (χ4v) is 14.4. The summed E-state index contributed by atoms with van der Waals surface area (Å²) in [6, 6.07) is -7.26. The van der Waals surface area contributed by atoms with Crippen molar-refractivity contribution in [3.63, 3.8) is 0 Å². The predicted octanol–water partition coefficient (Wildman–Crippen LogP) is -20.1. The maximum Gasteiger partial charge on any atom is 0.217 e. The van der Waals surface area contributed by atoms with Gasteiger partial charge in [-0.2, -0.15) is 0 Å². The molecule has 0 aromatic carbocycles. The van der Waals surface area contributed by atoms with E-state index in [1.807, 2.05) is 0 Å². The van der Waals surface area contributed by atoms with E-state index in [1.54, 1.807) is 0 Å². The van der Waals surface area contributed by atoms with Crippen LogP contribution >= 0.6 is 0 Å². The molecule has 9 aliphatic rings. The number of nitrogens with one attached hydrogen (secondary N) is 4. The van der Waals surface area contributed by atoms with Crippen molar-refractivity contribution in [2.45, 2.75) is 304 Å². The van der Waals surface area contributed by atoms with E-state index in [9.17, 15) is 147 Å². The summed E-state index contributed by atoms with van der Waals surface area (Å²) in [6.45, 7) is -6.11. The lowest BCUT2D eigenvalue weighted by atomic mass is 9.93. The summed E-state index contributed by atoms with van der Waals surface area (Å²) >= 11 is 0. The highest BCUT2D eigenvalue weighted by Crippen LogP contribution is 2.40. The minimum Gasteiger partial charge on any atom is -0.394 e. The van der Waals surface area contributed by atoms with Crippen molar-refractivity contribution >= 4 is 23.6 Å². The van der Waals surface area contributed by atoms with Crippen molar-refractivity contribution in [1.82, 2.24) is 21.3 Å². The van der Waals surface area contributed by atoms with Gasteiger partial charge in [0.15, 0.2) is 56.6 Å². The van der Waals surface area contributed by atoms with Crippen molar-refractivity contribution in [2.24, 2.45) is 0 Å². The molecule has 0 spiro atoms. The summed E-state index contributed by atoms with van der Waals surface area (Å²) < 4.78 is 102. The molecule has 9 fully saturated rings. The Morgan fingerprint density at radius 3 is 0.982 bits per heavy atom. The molecule has 0 radical (unpaired) electrons. The van der Waals surface area contributed by atoms with Crippen molar-refractivity contribution in [1.29, 1.82) is 0 Å². The number of rotatable bonds is 29. The first-order valence-electron chi connectivity index (χ1n) is 35.6. The molecule has 4 amide bonds. The Morgan fingerprint density at radius 2 is 0.518 bits per heavy atom. The fourth-order valence-electron chi connectivity index (χ4n) is 14.4. The van der Waals surface area contributed by atoms with Gasteiger partial charge in [-0.15, -0.1) is 0 Å². The van der Waals surface area contributed by atoms with Gasteiger partial charge in [0.05, 0.1) is 59.5 Å². The van der Waals surface area contributed by atoms with E-state index >= 15 is 0 Å². The monoisotopic (exact) mass is 1640 g/mol. The van der Waals surface area contributed by atoms with Crippen LogP contribution < -0.4 is 21.3 Å². The van der Waals surface area contributed by atoms with Gasteiger partial charge >= 0.3 is 0 Å². The summed E-state index contributed by atoms with van der Waals surface area (Å²) in [5.74, 6) is -3.54. The number of aliphatic hydroxyl groups excluding tert-OH is 25. The summed E-state index contributed by atoms with van der Waals surface area (Å²) in [4.78, 5) is 50.4. The van der Waals surface area contributed by atoms with Crippen LogP contribution in [-0.4, -0.2) is 487 Å². The van der Waals surface area contributed by atoms with Crippen molar-refractivity contribution in [3.8, 4) is 0 Å². The van der Waals surface area contributed by atoms with Gasteiger partial charge < -0.3 is 229 Å². The maximum atomic E-state index is 13.0. The molecule has 648 valence electrons. The third-order valence-corrected chi connectivity index (χ3v) is 20.3. The van der Waals surface area contributed by atoms with Gasteiger partial charge in [-0.3, -0.25) is 19.2 Å². The Kier molecular flexibility index (Phi) is 33.1. The molecule has 0 aromatic rings. The van der Waals surface area contributed by atoms with E-state index in [1.165, 1.54) is 0 Å². The average Bonchev–Trinajstić information content (AvgIpc) is 0.774. The van der Waals surface area contributed by atoms with Crippen LogP contribution in [0.4, 0.5) is 0 Å². The Hall–Kier alpha value is -3.80. The largest absolute Gasteiger partial charge is 0.394 e. The molecule has 45 atom stereocenters. The molecule has 0 bridgehead atoms. The molecular formula is C62H104N4O46. The Morgan fingerprint density at radius 1 is 0.232 bits per heavy atom. The molecule has 50 nitrogen and oxygen atoms in total. The van der Waals surface area contributed by atoms with Gasteiger partial charge in [-0.1, -0.05) is 0 Å². The zero-order valence-electron chi connectivity index (χ0n) is 60.1. The smallest absolute Gasteiger partial charge is 0.217 e. The SMILES string of the molecule is CC(=O)N[C@H]1[C@H](O[C@H]2[C@H](O)[C@@H](NC(C)=O)C(O)O[C@@H]2CO)O[C@H](CO)[C@@H](O[C@@H]2O[C@H](CO[C@H]3O[C@H](CO[C@H]4O[C@H](CO)[C@@H](O)[C@H](O)[C@@H]4O)[C@@H](O[C@@H]4O[C@H](CO)[C@@H](O)[C@H](O)[C@H]4NC(C)=O)[C@H](O[C@H]4O[C@H](CO)[C@@H](O)[C@H](O)[C@@H]4O)[C@@H]3O)[C@@H](O)[C@H](O[C@H]3O[C@H](CO)[C@@H](O)[C@H](O)[C@@H]3O[C@@H]3O[C@H](CO)[C@@H](O)[C@H](O)[C@H]3NC(C)=O)[C@@H]2O)[C@@H]1O. The van der Waals surface area contributed by atoms with Gasteiger partial charge in [0.1, 0.15) is 219 Å². The fraction of sp³-hybridized carbons (Fsp3) is 0.935. The highest BCUT2D eigenvalue weighted by atomic mass is 16.8. The van der Waals surface area contributed by atoms with Crippen molar-refractivity contribution in [3.05, 3.63) is 0 Å². The summed E-state index contributed by atoms with van der Waals surface area (Å²) in [7, 11) is 0. The molecular weight excluding hydrogens is 1540 g/mol. The number of carbonyl (C=O) groups excluding carboxylic acids is 4. The summed E-state index contributed by atoms with van der Waals surface area (Å²) in [6.07, 6.45) is -87.2. The zero-order chi connectivity index (χ0) is 82.5. The summed E-state index contributed by atoms with van der Waals surface area (Å²) in [5.41, 5.74) is 0. The van der Waals surface area contributed by atoms with Crippen LogP contribution in [-0.2, 0) is 99.7 Å². The number of aliphatic hydroxyl groups is 25. The molecule has 29 N–H and O–H groups in total. The quantitative estimate of drug-likeness (QED) is 0.0331. The van der Waals surface area contributed by atoms with Gasteiger partial charge in [0.2, 0.25) is 23.6 Å². The molecule has 50 heteroatoms. The highest BCUT2D eigenvalue weighted by Gasteiger charge is 2.61. The zero-order valence-corrected chi connectivity index (χ0v) is 60.1. The minimum atomic E-state index is -2.58. The standard InChI is InChI=1S/C62H104N4O46/c1-14(74)63-27-39(86)48(23(10-72)98-54(27)95)107-57-30(66-17(4)77)40(87)49(24(11-73)104-57)108-61-46(93)51(110-62-53(43(90)35(82)22(9-71)103-62)112-56-29(65-16(3)76)38(85)32(79)19(6-68)100-56)36(83)25(105-61)12-96-59-47(94)52(111-60-45(92)42(89)34(81)21(8-70)102-60)50(109-55-28(64-15(2)75)37(84)31(78)18(5-67)99-55)26(106-59)13-97-58-44(91)41(88)33(80)20(7-69)101-58/h18-62,67-73,78-95H,5-13H2,1-4H3,(H,63,74)(H,64,75)(H,65,76)(H,66,77)/t18-,19-,20-,21-,22-,23-,24-,25-,26-,27-,28-,29-,30-,31-,32-,33-,34-,35-,36-,37-,38-,39-,40-,41+,42+,43+,44+,45+,46+,47+,48-,49-,50-,51+,52-,53+,54?,55+,56+,57+,58+,59+,60-,61+,62-/m1/s1. The first-order chi connectivity index (χ1) is 53.0. The van der Waals surface area contributed by atoms with Crippen molar-refractivity contribution in [2.75, 3.05) is 59.5 Å². The topological polar surface area (TPSA) is 779 Å². The Bertz CT molecular complexity index is 2970. The van der Waals surface area contributed by atoms with Gasteiger partial charge in [0.25, 0.3) is 0 Å². The third kappa shape index (κ3) is 20.4. The summed E-state index contributed by atoms with van der Waals surface area (Å²) in [5, 5.41) is 288. The van der Waals surface area contributed by atoms with Crippen LogP contribution in [0.1, 0.15) is 27.7 Å². The Labute approximate surface area is 634 Å². The number of amides is 4. The second-order valence-corrected chi connectivity index (χ2v) is 28.2.